The van der Waals surface area contributed by atoms with E-state index in [1.807, 2.05) is 24.1 Å². The van der Waals surface area contributed by atoms with E-state index in [-0.39, 0.29) is 11.7 Å². The molecule has 2 rings (SSSR count). The zero-order chi connectivity index (χ0) is 13.1. The normalized spacial score (nSPS) is 10.1. The standard InChI is InChI=1S/C14H14FN3/c1-18(13-8-4-11(15)5-9-13)12-6-2-10(3-7-12)14(16)17/h2-9H,1H3,(H3,16,17). The minimum Gasteiger partial charge on any atom is -0.384 e. The molecule has 4 heteroatoms. The lowest BCUT2D eigenvalue weighted by molar-refractivity contribution is 0.628. The van der Waals surface area contributed by atoms with E-state index in [1.165, 1.54) is 12.1 Å². The third-order valence-corrected chi connectivity index (χ3v) is 2.78. The van der Waals surface area contributed by atoms with Gasteiger partial charge in [0.25, 0.3) is 0 Å². The van der Waals surface area contributed by atoms with Crippen LogP contribution in [0.15, 0.2) is 48.5 Å². The van der Waals surface area contributed by atoms with Crippen molar-refractivity contribution in [1.82, 2.24) is 0 Å². The van der Waals surface area contributed by atoms with Crippen LogP contribution >= 0.6 is 0 Å². The average molecular weight is 243 g/mol. The molecule has 0 aliphatic carbocycles. The van der Waals surface area contributed by atoms with Crippen molar-refractivity contribution in [2.45, 2.75) is 0 Å². The van der Waals surface area contributed by atoms with Gasteiger partial charge in [0.2, 0.25) is 0 Å². The highest BCUT2D eigenvalue weighted by molar-refractivity contribution is 5.95. The number of nitrogens with one attached hydrogen (secondary N) is 1. The van der Waals surface area contributed by atoms with Crippen molar-refractivity contribution >= 4 is 17.2 Å². The van der Waals surface area contributed by atoms with E-state index >= 15 is 0 Å². The molecule has 3 nitrogen and oxygen atoms in total. The van der Waals surface area contributed by atoms with E-state index < -0.39 is 0 Å². The quantitative estimate of drug-likeness (QED) is 0.643. The summed E-state index contributed by atoms with van der Waals surface area (Å²) in [6, 6.07) is 13.6. The number of benzene rings is 2. The lowest BCUT2D eigenvalue weighted by Crippen LogP contribution is -2.12. The third kappa shape index (κ3) is 2.48. The summed E-state index contributed by atoms with van der Waals surface area (Å²) in [4.78, 5) is 1.93. The van der Waals surface area contributed by atoms with E-state index in [2.05, 4.69) is 0 Å². The SMILES string of the molecule is CN(c1ccc(F)cc1)c1ccc(C(=N)N)cc1. The molecule has 0 atom stereocenters. The zero-order valence-electron chi connectivity index (χ0n) is 10.0. The van der Waals surface area contributed by atoms with Gasteiger partial charge in [-0.25, -0.2) is 4.39 Å². The van der Waals surface area contributed by atoms with Gasteiger partial charge in [0.1, 0.15) is 11.7 Å². The third-order valence-electron chi connectivity index (χ3n) is 2.78. The van der Waals surface area contributed by atoms with E-state index in [0.717, 1.165) is 11.4 Å². The predicted molar refractivity (Wildman–Crippen MR) is 71.9 cm³/mol. The molecule has 3 N–H and O–H groups in total. The second-order valence-electron chi connectivity index (χ2n) is 4.00. The number of amidine groups is 1. The fraction of sp³-hybridized carbons (Fsp3) is 0.0714. The maximum atomic E-state index is 12.8. The van der Waals surface area contributed by atoms with Gasteiger partial charge in [-0.1, -0.05) is 0 Å². The van der Waals surface area contributed by atoms with Crippen LogP contribution in [0.3, 0.4) is 0 Å². The molecule has 2 aromatic rings. The molecule has 92 valence electrons. The van der Waals surface area contributed by atoms with E-state index in [1.54, 1.807) is 24.3 Å². The number of hydrogen-bond donors (Lipinski definition) is 2. The Hall–Kier alpha value is -2.36. The first-order chi connectivity index (χ1) is 8.58. The van der Waals surface area contributed by atoms with Gasteiger partial charge < -0.3 is 10.6 Å². The van der Waals surface area contributed by atoms with Crippen molar-refractivity contribution in [2.24, 2.45) is 5.73 Å². The fourth-order valence-electron chi connectivity index (χ4n) is 1.68. The summed E-state index contributed by atoms with van der Waals surface area (Å²) in [5, 5.41) is 7.32. The number of nitrogen functional groups attached to an aromatic ring is 1. The molecule has 0 bridgehead atoms. The van der Waals surface area contributed by atoms with Gasteiger partial charge in [-0.2, -0.15) is 0 Å². The number of halogens is 1. The predicted octanol–water partition coefficient (Wildman–Crippen LogP) is 2.88. The lowest BCUT2D eigenvalue weighted by Gasteiger charge is -2.19. The molecule has 0 radical (unpaired) electrons. The largest absolute Gasteiger partial charge is 0.384 e. The molecule has 0 fully saturated rings. The van der Waals surface area contributed by atoms with Crippen LogP contribution in [0.4, 0.5) is 15.8 Å². The molecule has 0 spiro atoms. The molecule has 0 unspecified atom stereocenters. The molecule has 0 aliphatic rings. The zero-order valence-corrected chi connectivity index (χ0v) is 10.0. The highest BCUT2D eigenvalue weighted by Crippen LogP contribution is 2.23. The first-order valence-corrected chi connectivity index (χ1v) is 5.51. The van der Waals surface area contributed by atoms with Gasteiger partial charge in [0, 0.05) is 24.0 Å². The summed E-state index contributed by atoms with van der Waals surface area (Å²) in [7, 11) is 1.90. The molecule has 0 heterocycles. The Morgan fingerprint density at radius 1 is 1.00 bits per heavy atom. The van der Waals surface area contributed by atoms with Crippen molar-refractivity contribution in [3.63, 3.8) is 0 Å². The minimum atomic E-state index is -0.251. The van der Waals surface area contributed by atoms with Crippen LogP contribution in [-0.2, 0) is 0 Å². The van der Waals surface area contributed by atoms with E-state index in [4.69, 9.17) is 11.1 Å². The van der Waals surface area contributed by atoms with E-state index in [0.29, 0.717) is 5.56 Å². The van der Waals surface area contributed by atoms with Crippen molar-refractivity contribution in [3.8, 4) is 0 Å². The average Bonchev–Trinajstić information content (AvgIpc) is 2.39. The Balaban J connectivity index is 2.25. The van der Waals surface area contributed by atoms with Gasteiger partial charge in [-0.3, -0.25) is 5.41 Å². The molecular weight excluding hydrogens is 229 g/mol. The number of rotatable bonds is 3. The summed E-state index contributed by atoms with van der Waals surface area (Å²) in [5.74, 6) is -0.204. The Labute approximate surface area is 105 Å². The van der Waals surface area contributed by atoms with Crippen molar-refractivity contribution < 1.29 is 4.39 Å². The first-order valence-electron chi connectivity index (χ1n) is 5.51. The van der Waals surface area contributed by atoms with Crippen LogP contribution in [0.1, 0.15) is 5.56 Å². The molecule has 0 aromatic heterocycles. The Morgan fingerprint density at radius 2 is 1.44 bits per heavy atom. The van der Waals surface area contributed by atoms with Crippen LogP contribution in [0.25, 0.3) is 0 Å². The van der Waals surface area contributed by atoms with Crippen LogP contribution in [0.5, 0.6) is 0 Å². The summed E-state index contributed by atoms with van der Waals surface area (Å²) < 4.78 is 12.8. The molecule has 18 heavy (non-hydrogen) atoms. The van der Waals surface area contributed by atoms with Crippen molar-refractivity contribution in [3.05, 3.63) is 59.9 Å². The van der Waals surface area contributed by atoms with Crippen LogP contribution in [0, 0.1) is 11.2 Å². The van der Waals surface area contributed by atoms with Gasteiger partial charge in [-0.15, -0.1) is 0 Å². The second-order valence-corrected chi connectivity index (χ2v) is 4.00. The smallest absolute Gasteiger partial charge is 0.123 e. The second kappa shape index (κ2) is 4.87. The number of anilines is 2. The monoisotopic (exact) mass is 243 g/mol. The summed E-state index contributed by atoms with van der Waals surface area (Å²) in [6.45, 7) is 0. The summed E-state index contributed by atoms with van der Waals surface area (Å²) in [5.41, 5.74) is 7.93. The Kier molecular flexibility index (Phi) is 3.28. The number of hydrogen-bond acceptors (Lipinski definition) is 2. The molecular formula is C14H14FN3. The maximum Gasteiger partial charge on any atom is 0.123 e. The molecule has 0 saturated heterocycles. The van der Waals surface area contributed by atoms with Crippen LogP contribution < -0.4 is 10.6 Å². The molecule has 2 aromatic carbocycles. The highest BCUT2D eigenvalue weighted by atomic mass is 19.1. The Bertz CT molecular complexity index is 546. The van der Waals surface area contributed by atoms with Crippen molar-refractivity contribution in [2.75, 3.05) is 11.9 Å². The van der Waals surface area contributed by atoms with Crippen LogP contribution in [0.2, 0.25) is 0 Å². The molecule has 0 aliphatic heterocycles. The topological polar surface area (TPSA) is 53.1 Å². The van der Waals surface area contributed by atoms with Crippen LogP contribution in [-0.4, -0.2) is 12.9 Å². The lowest BCUT2D eigenvalue weighted by atomic mass is 10.1. The summed E-state index contributed by atoms with van der Waals surface area (Å²) >= 11 is 0. The number of nitrogens with zero attached hydrogens (tertiary/aromatic N) is 1. The fourth-order valence-corrected chi connectivity index (χ4v) is 1.68. The van der Waals surface area contributed by atoms with Crippen molar-refractivity contribution in [1.29, 1.82) is 5.41 Å². The van der Waals surface area contributed by atoms with Gasteiger partial charge >= 0.3 is 0 Å². The maximum absolute atomic E-state index is 12.8. The first kappa shape index (κ1) is 12.1. The molecule has 0 amide bonds. The minimum absolute atomic E-state index is 0.0472. The van der Waals surface area contributed by atoms with E-state index in [9.17, 15) is 4.39 Å². The van der Waals surface area contributed by atoms with Gasteiger partial charge in [0.05, 0.1) is 0 Å². The highest BCUT2D eigenvalue weighted by Gasteiger charge is 2.04. The van der Waals surface area contributed by atoms with Gasteiger partial charge in [-0.05, 0) is 48.5 Å². The molecule has 0 saturated carbocycles. The number of nitrogens with two attached hydrogens (primary N) is 1. The van der Waals surface area contributed by atoms with Gasteiger partial charge in [0.15, 0.2) is 0 Å². The Morgan fingerprint density at radius 3 is 1.89 bits per heavy atom. The summed E-state index contributed by atoms with van der Waals surface area (Å²) in [6.07, 6.45) is 0.